The van der Waals surface area contributed by atoms with E-state index in [0.717, 1.165) is 37.5 Å². The highest BCUT2D eigenvalue weighted by molar-refractivity contribution is 5.92. The van der Waals surface area contributed by atoms with Gasteiger partial charge in [-0.2, -0.15) is 0 Å². The summed E-state index contributed by atoms with van der Waals surface area (Å²) in [4.78, 5) is 25.6. The van der Waals surface area contributed by atoms with E-state index in [0.29, 0.717) is 24.6 Å². The Morgan fingerprint density at radius 2 is 1.96 bits per heavy atom. The lowest BCUT2D eigenvalue weighted by Gasteiger charge is -2.32. The van der Waals surface area contributed by atoms with Crippen molar-refractivity contribution in [1.29, 1.82) is 0 Å². The number of benzene rings is 1. The van der Waals surface area contributed by atoms with Gasteiger partial charge in [-0.15, -0.1) is 0 Å². The van der Waals surface area contributed by atoms with Crippen molar-refractivity contribution in [2.24, 2.45) is 0 Å². The Labute approximate surface area is 154 Å². The molecule has 0 unspecified atom stereocenters. The number of ether oxygens (including phenoxy) is 1. The molecule has 1 fully saturated rings. The van der Waals surface area contributed by atoms with Crippen molar-refractivity contribution < 1.29 is 9.53 Å². The van der Waals surface area contributed by atoms with Crippen LogP contribution in [0.3, 0.4) is 0 Å². The lowest BCUT2D eigenvalue weighted by Crippen LogP contribution is -2.45. The quantitative estimate of drug-likeness (QED) is 0.840. The van der Waals surface area contributed by atoms with Gasteiger partial charge >= 0.3 is 0 Å². The van der Waals surface area contributed by atoms with Crippen LogP contribution in [0, 0.1) is 0 Å². The predicted octanol–water partition coefficient (Wildman–Crippen LogP) is 1.21. The van der Waals surface area contributed by atoms with E-state index in [9.17, 15) is 4.79 Å². The predicted molar refractivity (Wildman–Crippen MR) is 101 cm³/mol. The van der Waals surface area contributed by atoms with Crippen LogP contribution in [0.2, 0.25) is 0 Å². The first kappa shape index (κ1) is 18.1. The second-order valence-corrected chi connectivity index (χ2v) is 6.35. The molecule has 7 heteroatoms. The van der Waals surface area contributed by atoms with Crippen LogP contribution in [0.4, 0.5) is 5.95 Å². The fraction of sp³-hybridized carbons (Fsp3) is 0.421. The fourth-order valence-corrected chi connectivity index (χ4v) is 2.94. The van der Waals surface area contributed by atoms with Gasteiger partial charge < -0.3 is 19.9 Å². The number of nitrogens with zero attached hydrogens (tertiary/aromatic N) is 4. The van der Waals surface area contributed by atoms with Crippen LogP contribution in [0.15, 0.2) is 36.5 Å². The molecule has 138 valence electrons. The summed E-state index contributed by atoms with van der Waals surface area (Å²) in [7, 11) is 3.75. The summed E-state index contributed by atoms with van der Waals surface area (Å²) in [5, 5.41) is 2.92. The van der Waals surface area contributed by atoms with Gasteiger partial charge in [-0.1, -0.05) is 18.2 Å². The smallest absolute Gasteiger partial charge is 0.270 e. The Morgan fingerprint density at radius 3 is 2.73 bits per heavy atom. The zero-order valence-electron chi connectivity index (χ0n) is 15.3. The van der Waals surface area contributed by atoms with Crippen molar-refractivity contribution in [3.8, 4) is 5.75 Å². The third-order valence-corrected chi connectivity index (χ3v) is 4.53. The second-order valence-electron chi connectivity index (χ2n) is 6.35. The summed E-state index contributed by atoms with van der Waals surface area (Å²) < 4.78 is 5.34. The molecule has 0 spiro atoms. The van der Waals surface area contributed by atoms with Crippen molar-refractivity contribution in [1.82, 2.24) is 20.2 Å². The molecule has 0 atom stereocenters. The number of amides is 1. The van der Waals surface area contributed by atoms with E-state index in [2.05, 4.69) is 32.1 Å². The van der Waals surface area contributed by atoms with Gasteiger partial charge in [-0.05, 0) is 31.2 Å². The minimum atomic E-state index is -0.183. The Balaban J connectivity index is 1.57. The van der Waals surface area contributed by atoms with Gasteiger partial charge in [0.25, 0.3) is 5.91 Å². The van der Waals surface area contributed by atoms with Gasteiger partial charge in [-0.25, -0.2) is 9.97 Å². The maximum atomic E-state index is 12.4. The largest absolute Gasteiger partial charge is 0.496 e. The highest BCUT2D eigenvalue weighted by Crippen LogP contribution is 2.17. The van der Waals surface area contributed by atoms with Gasteiger partial charge in [0, 0.05) is 38.9 Å². The summed E-state index contributed by atoms with van der Waals surface area (Å²) in [5.41, 5.74) is 1.46. The number of rotatable bonds is 6. The number of carbonyl (C=O) groups is 1. The van der Waals surface area contributed by atoms with Gasteiger partial charge in [0.1, 0.15) is 11.4 Å². The Morgan fingerprint density at radius 1 is 1.19 bits per heavy atom. The Bertz CT molecular complexity index is 744. The number of carbonyl (C=O) groups excluding carboxylic acids is 1. The lowest BCUT2D eigenvalue weighted by molar-refractivity contribution is 0.0949. The fourth-order valence-electron chi connectivity index (χ4n) is 2.94. The first-order valence-electron chi connectivity index (χ1n) is 8.84. The summed E-state index contributed by atoms with van der Waals surface area (Å²) in [6.07, 6.45) is 2.35. The molecule has 2 aromatic rings. The lowest BCUT2D eigenvalue weighted by atomic mass is 10.1. The maximum absolute atomic E-state index is 12.4. The molecule has 1 N–H and O–H groups in total. The molecule has 1 amide bonds. The number of likely N-dealkylation sites (N-methyl/N-ethyl adjacent to an activating group) is 1. The Kier molecular flexibility index (Phi) is 6.01. The molecule has 1 aliphatic rings. The van der Waals surface area contributed by atoms with Crippen LogP contribution in [0.5, 0.6) is 5.75 Å². The molecule has 26 heavy (non-hydrogen) atoms. The number of hydrogen-bond donors (Lipinski definition) is 1. The molecule has 1 aromatic carbocycles. The molecule has 1 aliphatic heterocycles. The van der Waals surface area contributed by atoms with Crippen LogP contribution < -0.4 is 15.0 Å². The van der Waals surface area contributed by atoms with Crippen LogP contribution in [0.1, 0.15) is 16.1 Å². The highest BCUT2D eigenvalue weighted by Gasteiger charge is 2.18. The molecular formula is C19H25N5O2. The van der Waals surface area contributed by atoms with E-state index in [1.54, 1.807) is 19.4 Å². The van der Waals surface area contributed by atoms with Crippen LogP contribution in [-0.4, -0.2) is 67.7 Å². The van der Waals surface area contributed by atoms with E-state index < -0.39 is 0 Å². The molecule has 0 saturated carbocycles. The third kappa shape index (κ3) is 4.49. The molecule has 0 bridgehead atoms. The molecule has 1 saturated heterocycles. The van der Waals surface area contributed by atoms with Crippen molar-refractivity contribution in [2.45, 2.75) is 6.42 Å². The van der Waals surface area contributed by atoms with Crippen LogP contribution in [-0.2, 0) is 6.42 Å². The summed E-state index contributed by atoms with van der Waals surface area (Å²) in [6.45, 7) is 4.20. The van der Waals surface area contributed by atoms with Crippen LogP contribution in [0.25, 0.3) is 0 Å². The van der Waals surface area contributed by atoms with E-state index in [1.807, 2.05) is 24.3 Å². The van der Waals surface area contributed by atoms with E-state index in [1.165, 1.54) is 0 Å². The van der Waals surface area contributed by atoms with Crippen molar-refractivity contribution in [3.05, 3.63) is 47.8 Å². The number of aromatic nitrogens is 2. The van der Waals surface area contributed by atoms with Gasteiger partial charge in [0.05, 0.1) is 7.11 Å². The standard InChI is InChI=1S/C19H25N5O2/c1-23-11-13-24(14-12-23)19-21-10-8-16(22-19)18(25)20-9-7-15-5-3-4-6-17(15)26-2/h3-6,8,10H,7,9,11-14H2,1-2H3,(H,20,25). The van der Waals surface area contributed by atoms with Gasteiger partial charge in [-0.3, -0.25) is 4.79 Å². The normalized spacial score (nSPS) is 14.9. The van der Waals surface area contributed by atoms with Crippen molar-refractivity contribution in [3.63, 3.8) is 0 Å². The molecule has 1 aromatic heterocycles. The number of piperazine rings is 1. The molecular weight excluding hydrogens is 330 g/mol. The van der Waals surface area contributed by atoms with Crippen molar-refractivity contribution in [2.75, 3.05) is 51.8 Å². The van der Waals surface area contributed by atoms with Crippen molar-refractivity contribution >= 4 is 11.9 Å². The minimum absolute atomic E-state index is 0.183. The van der Waals surface area contributed by atoms with E-state index >= 15 is 0 Å². The molecule has 7 nitrogen and oxygen atoms in total. The maximum Gasteiger partial charge on any atom is 0.270 e. The van der Waals surface area contributed by atoms with Gasteiger partial charge in [0.2, 0.25) is 5.95 Å². The number of methoxy groups -OCH3 is 1. The first-order chi connectivity index (χ1) is 12.7. The number of anilines is 1. The molecule has 2 heterocycles. The average Bonchev–Trinajstić information content (AvgIpc) is 2.69. The molecule has 3 rings (SSSR count). The SMILES string of the molecule is COc1ccccc1CCNC(=O)c1ccnc(N2CCN(C)CC2)n1. The third-order valence-electron chi connectivity index (χ3n) is 4.53. The second kappa shape index (κ2) is 8.62. The van der Waals surface area contributed by atoms with E-state index in [-0.39, 0.29) is 5.91 Å². The Hall–Kier alpha value is -2.67. The topological polar surface area (TPSA) is 70.6 Å². The number of nitrogens with one attached hydrogen (secondary N) is 1. The zero-order chi connectivity index (χ0) is 18.4. The summed E-state index contributed by atoms with van der Waals surface area (Å²) in [6, 6.07) is 9.47. The van der Waals surface area contributed by atoms with Crippen LogP contribution >= 0.6 is 0 Å². The zero-order valence-corrected chi connectivity index (χ0v) is 15.3. The number of hydrogen-bond acceptors (Lipinski definition) is 6. The summed E-state index contributed by atoms with van der Waals surface area (Å²) >= 11 is 0. The minimum Gasteiger partial charge on any atom is -0.496 e. The van der Waals surface area contributed by atoms with E-state index in [4.69, 9.17) is 4.74 Å². The average molecular weight is 355 g/mol. The molecule has 0 radical (unpaired) electrons. The monoisotopic (exact) mass is 355 g/mol. The number of para-hydroxylation sites is 1. The first-order valence-corrected chi connectivity index (χ1v) is 8.84. The van der Waals surface area contributed by atoms with Gasteiger partial charge in [0.15, 0.2) is 0 Å². The summed E-state index contributed by atoms with van der Waals surface area (Å²) in [5.74, 6) is 1.27. The molecule has 0 aliphatic carbocycles. The highest BCUT2D eigenvalue weighted by atomic mass is 16.5.